The Morgan fingerprint density at radius 1 is 0.860 bits per heavy atom. The van der Waals surface area contributed by atoms with Crippen LogP contribution in [0.5, 0.6) is 11.5 Å². The molecular weight excluding hydrogens is 562 g/mol. The molecule has 0 bridgehead atoms. The van der Waals surface area contributed by atoms with Gasteiger partial charge in [-0.3, -0.25) is 4.79 Å². The third kappa shape index (κ3) is 9.73. The van der Waals surface area contributed by atoms with E-state index >= 15 is 0 Å². The van der Waals surface area contributed by atoms with Crippen molar-refractivity contribution in [2.75, 3.05) is 52.9 Å². The fraction of sp³-hybridized carbons (Fsp3) is 0.471. The van der Waals surface area contributed by atoms with Crippen LogP contribution in [-0.4, -0.2) is 69.3 Å². The van der Waals surface area contributed by atoms with Crippen LogP contribution in [0.25, 0.3) is 0 Å². The summed E-state index contributed by atoms with van der Waals surface area (Å²) in [5.41, 5.74) is 4.03. The predicted octanol–water partition coefficient (Wildman–Crippen LogP) is 7.15. The summed E-state index contributed by atoms with van der Waals surface area (Å²) in [4.78, 5) is 32.3. The molecule has 9 heteroatoms. The zero-order valence-corrected chi connectivity index (χ0v) is 27.5. The second-order valence-electron chi connectivity index (χ2n) is 11.2. The average Bonchev–Trinajstić information content (AvgIpc) is 3.51. The van der Waals surface area contributed by atoms with Gasteiger partial charge in [0.05, 0.1) is 20.8 Å². The third-order valence-electron chi connectivity index (χ3n) is 7.39. The molecule has 43 heavy (non-hydrogen) atoms. The zero-order chi connectivity index (χ0) is 31.4. The van der Waals surface area contributed by atoms with Crippen molar-refractivity contribution < 1.29 is 23.8 Å². The lowest BCUT2D eigenvalue weighted by molar-refractivity contribution is -0.132. The van der Waals surface area contributed by atoms with Crippen molar-refractivity contribution in [3.63, 3.8) is 0 Å². The highest BCUT2D eigenvalue weighted by Crippen LogP contribution is 2.33. The third-order valence-corrected chi connectivity index (χ3v) is 8.25. The number of urea groups is 1. The second-order valence-corrected chi connectivity index (χ2v) is 12.2. The van der Waals surface area contributed by atoms with Crippen LogP contribution < -0.4 is 14.8 Å². The lowest BCUT2D eigenvalue weighted by atomic mass is 9.93. The number of benzene rings is 2. The van der Waals surface area contributed by atoms with Gasteiger partial charge in [0.25, 0.3) is 0 Å². The first kappa shape index (κ1) is 33.9. The number of para-hydroxylation sites is 1. The molecular formula is C34H47N3O5S. The van der Waals surface area contributed by atoms with E-state index in [1.54, 1.807) is 37.6 Å². The molecule has 1 N–H and O–H groups in total. The van der Waals surface area contributed by atoms with E-state index in [9.17, 15) is 9.59 Å². The predicted molar refractivity (Wildman–Crippen MR) is 175 cm³/mol. The first-order valence-corrected chi connectivity index (χ1v) is 15.7. The number of rotatable bonds is 16. The summed E-state index contributed by atoms with van der Waals surface area (Å²) in [5, 5.41) is 5.20. The monoisotopic (exact) mass is 609 g/mol. The summed E-state index contributed by atoms with van der Waals surface area (Å²) in [6, 6.07) is 15.7. The largest absolute Gasteiger partial charge is 0.493 e. The molecule has 0 radical (unpaired) electrons. The molecule has 0 spiro atoms. The Bertz CT molecular complexity index is 1280. The lowest BCUT2D eigenvalue weighted by Gasteiger charge is -2.29. The van der Waals surface area contributed by atoms with Crippen molar-refractivity contribution in [1.82, 2.24) is 9.80 Å². The Morgan fingerprint density at radius 2 is 1.56 bits per heavy atom. The van der Waals surface area contributed by atoms with E-state index in [4.69, 9.17) is 14.2 Å². The molecule has 0 aliphatic carbocycles. The number of methoxy groups -OCH3 is 3. The van der Waals surface area contributed by atoms with E-state index < -0.39 is 0 Å². The van der Waals surface area contributed by atoms with E-state index in [0.717, 1.165) is 27.3 Å². The summed E-state index contributed by atoms with van der Waals surface area (Å²) in [6.07, 6.45) is 1.25. The molecule has 0 aliphatic heterocycles. The minimum absolute atomic E-state index is 0.0340. The van der Waals surface area contributed by atoms with Gasteiger partial charge >= 0.3 is 6.03 Å². The zero-order valence-electron chi connectivity index (χ0n) is 26.6. The molecule has 0 unspecified atom stereocenters. The fourth-order valence-electron chi connectivity index (χ4n) is 4.98. The number of anilines is 1. The van der Waals surface area contributed by atoms with Gasteiger partial charge in [0, 0.05) is 37.4 Å². The number of nitrogens with one attached hydrogen (secondary N) is 1. The molecule has 0 saturated carbocycles. The van der Waals surface area contributed by atoms with E-state index in [1.807, 2.05) is 46.7 Å². The van der Waals surface area contributed by atoms with Gasteiger partial charge in [-0.15, -0.1) is 11.3 Å². The van der Waals surface area contributed by atoms with Crippen LogP contribution in [0.2, 0.25) is 0 Å². The van der Waals surface area contributed by atoms with Crippen molar-refractivity contribution in [2.45, 2.75) is 58.9 Å². The normalized spacial score (nSPS) is 11.1. The van der Waals surface area contributed by atoms with Gasteiger partial charge in [0.2, 0.25) is 5.91 Å². The number of amides is 3. The Morgan fingerprint density at radius 3 is 2.14 bits per heavy atom. The molecule has 0 fully saturated rings. The molecule has 1 heterocycles. The minimum atomic E-state index is -0.282. The number of nitrogens with zero attached hydrogens (tertiary/aromatic N) is 2. The van der Waals surface area contributed by atoms with Crippen LogP contribution in [-0.2, 0) is 22.5 Å². The molecule has 0 aliphatic rings. The summed E-state index contributed by atoms with van der Waals surface area (Å²) >= 11 is 1.61. The summed E-state index contributed by atoms with van der Waals surface area (Å²) in [6.45, 7) is 10.3. The van der Waals surface area contributed by atoms with Gasteiger partial charge in [0.15, 0.2) is 11.5 Å². The van der Waals surface area contributed by atoms with Gasteiger partial charge in [-0.05, 0) is 64.9 Å². The van der Waals surface area contributed by atoms with Gasteiger partial charge in [-0.25, -0.2) is 4.79 Å². The molecule has 2 aromatic carbocycles. The Hall–Kier alpha value is -3.56. The molecule has 3 amide bonds. The highest BCUT2D eigenvalue weighted by atomic mass is 32.1. The van der Waals surface area contributed by atoms with Crippen LogP contribution in [0.4, 0.5) is 10.5 Å². The SMILES string of the molecule is COCCCN(CC(=O)N(CCc1ccc(OC)c(OC)c1)Cc1cccs1)C(=O)Nc1c(C(C)C)cccc1C(C)C. The van der Waals surface area contributed by atoms with Crippen molar-refractivity contribution >= 4 is 29.0 Å². The second kappa shape index (κ2) is 16.9. The highest BCUT2D eigenvalue weighted by molar-refractivity contribution is 7.09. The van der Waals surface area contributed by atoms with Crippen LogP contribution in [0.3, 0.4) is 0 Å². The van der Waals surface area contributed by atoms with E-state index in [0.29, 0.717) is 50.6 Å². The number of ether oxygens (including phenoxy) is 3. The van der Waals surface area contributed by atoms with Crippen molar-refractivity contribution in [3.05, 3.63) is 75.5 Å². The fourth-order valence-corrected chi connectivity index (χ4v) is 5.70. The number of hydrogen-bond donors (Lipinski definition) is 1. The lowest BCUT2D eigenvalue weighted by Crippen LogP contribution is -2.45. The molecule has 0 saturated heterocycles. The average molecular weight is 610 g/mol. The number of carbonyl (C=O) groups is 2. The van der Waals surface area contributed by atoms with Crippen molar-refractivity contribution in [3.8, 4) is 11.5 Å². The summed E-state index contributed by atoms with van der Waals surface area (Å²) in [7, 11) is 4.86. The molecule has 0 atom stereocenters. The van der Waals surface area contributed by atoms with Crippen molar-refractivity contribution in [2.24, 2.45) is 0 Å². The maximum absolute atomic E-state index is 13.9. The smallest absolute Gasteiger partial charge is 0.322 e. The van der Waals surface area contributed by atoms with E-state index in [2.05, 4.69) is 45.1 Å². The number of carbonyl (C=O) groups excluding carboxylic acids is 2. The van der Waals surface area contributed by atoms with Crippen LogP contribution in [0, 0.1) is 0 Å². The Balaban J connectivity index is 1.83. The number of hydrogen-bond acceptors (Lipinski definition) is 6. The van der Waals surface area contributed by atoms with Crippen molar-refractivity contribution in [1.29, 1.82) is 0 Å². The van der Waals surface area contributed by atoms with Gasteiger partial charge in [0.1, 0.15) is 6.54 Å². The topological polar surface area (TPSA) is 80.3 Å². The van der Waals surface area contributed by atoms with E-state index in [-0.39, 0.29) is 30.3 Å². The molecule has 1 aromatic heterocycles. The molecule has 8 nitrogen and oxygen atoms in total. The van der Waals surface area contributed by atoms with Crippen LogP contribution >= 0.6 is 11.3 Å². The van der Waals surface area contributed by atoms with Gasteiger partial charge in [-0.1, -0.05) is 58.0 Å². The summed E-state index contributed by atoms with van der Waals surface area (Å²) < 4.78 is 16.1. The van der Waals surface area contributed by atoms with Gasteiger partial charge in [-0.2, -0.15) is 0 Å². The maximum atomic E-state index is 13.9. The van der Waals surface area contributed by atoms with Crippen LogP contribution in [0.1, 0.15) is 67.5 Å². The summed E-state index contributed by atoms with van der Waals surface area (Å²) in [5.74, 6) is 1.67. The standard InChI is InChI=1S/C34H47N3O5S/c1-24(2)28-12-8-13-29(25(3)4)33(28)35-34(39)37(17-10-19-40-5)23-32(38)36(22-27-11-9-20-43-27)18-16-26-14-15-30(41-6)31(21-26)42-7/h8-9,11-15,20-21,24-25H,10,16-19,22-23H2,1-7H3,(H,35,39). The van der Waals surface area contributed by atoms with E-state index in [1.165, 1.54) is 0 Å². The quantitative estimate of drug-likeness (QED) is 0.175. The van der Waals surface area contributed by atoms with Gasteiger partial charge < -0.3 is 29.3 Å². The van der Waals surface area contributed by atoms with Crippen LogP contribution in [0.15, 0.2) is 53.9 Å². The first-order valence-electron chi connectivity index (χ1n) is 14.9. The Labute approximate surface area is 260 Å². The highest BCUT2D eigenvalue weighted by Gasteiger charge is 2.24. The maximum Gasteiger partial charge on any atom is 0.322 e. The molecule has 3 aromatic rings. The molecule has 234 valence electrons. The Kier molecular flexibility index (Phi) is 13.3. The number of thiophene rings is 1. The minimum Gasteiger partial charge on any atom is -0.493 e. The molecule has 3 rings (SSSR count). The first-order chi connectivity index (χ1) is 20.7.